The van der Waals surface area contributed by atoms with Crippen LogP contribution in [0.1, 0.15) is 28.5 Å². The molecule has 1 aliphatic heterocycles. The average Bonchev–Trinajstić information content (AvgIpc) is 3.07. The van der Waals surface area contributed by atoms with E-state index < -0.39 is 0 Å². The number of H-pyrrole nitrogens is 1. The van der Waals surface area contributed by atoms with E-state index >= 15 is 0 Å². The van der Waals surface area contributed by atoms with E-state index in [0.717, 1.165) is 17.7 Å². The maximum absolute atomic E-state index is 12.3. The second-order valence-electron chi connectivity index (χ2n) is 4.48. The van der Waals surface area contributed by atoms with Gasteiger partial charge in [0.15, 0.2) is 0 Å². The van der Waals surface area contributed by atoms with E-state index in [1.54, 1.807) is 4.90 Å². The molecule has 19 heavy (non-hydrogen) atoms. The van der Waals surface area contributed by atoms with Gasteiger partial charge in [0.2, 0.25) is 0 Å². The predicted molar refractivity (Wildman–Crippen MR) is 68.7 cm³/mol. The number of para-hydroxylation sites is 1. The maximum Gasteiger partial charge on any atom is 0.299 e. The van der Waals surface area contributed by atoms with Gasteiger partial charge in [-0.1, -0.05) is 18.2 Å². The van der Waals surface area contributed by atoms with Crippen LogP contribution in [0, 0.1) is 0 Å². The minimum Gasteiger partial charge on any atom is -0.330 e. The Hall–Kier alpha value is -2.28. The molecule has 1 unspecified atom stereocenters. The fourth-order valence-electron chi connectivity index (χ4n) is 2.51. The van der Waals surface area contributed by atoms with Gasteiger partial charge in [0.1, 0.15) is 0 Å². The number of hydrogen-bond acceptors (Lipinski definition) is 5. The lowest BCUT2D eigenvalue weighted by Gasteiger charge is -2.15. The number of nitrogens with zero attached hydrogens (tertiary/aromatic N) is 4. The number of benzene rings is 1. The van der Waals surface area contributed by atoms with Gasteiger partial charge in [-0.25, -0.2) is 0 Å². The standard InChI is InChI=1S/C12H14N6O/c13-6-5-8-7-18(10-4-2-1-3-9(8)10)12(19)11-14-16-17-15-11/h1-4,8H,5-7,13H2,(H,14,15,16,17). The van der Waals surface area contributed by atoms with Gasteiger partial charge in [-0.05, 0) is 29.8 Å². The number of anilines is 1. The number of carbonyl (C=O) groups is 1. The van der Waals surface area contributed by atoms with Crippen LogP contribution in [0.5, 0.6) is 0 Å². The fourth-order valence-corrected chi connectivity index (χ4v) is 2.51. The molecule has 0 fully saturated rings. The predicted octanol–water partition coefficient (Wildman–Crippen LogP) is 0.292. The van der Waals surface area contributed by atoms with Crippen LogP contribution < -0.4 is 10.6 Å². The highest BCUT2D eigenvalue weighted by molar-refractivity contribution is 6.04. The summed E-state index contributed by atoms with van der Waals surface area (Å²) in [5.41, 5.74) is 7.71. The molecule has 1 atom stereocenters. The first kappa shape index (κ1) is 11.8. The molecule has 0 aliphatic carbocycles. The lowest BCUT2D eigenvalue weighted by atomic mass is 9.98. The molecular weight excluding hydrogens is 244 g/mol. The number of rotatable bonds is 3. The molecule has 3 rings (SSSR count). The lowest BCUT2D eigenvalue weighted by molar-refractivity contribution is 0.0978. The van der Waals surface area contributed by atoms with E-state index in [9.17, 15) is 4.79 Å². The number of amides is 1. The molecule has 1 aliphatic rings. The molecule has 1 aromatic heterocycles. The zero-order chi connectivity index (χ0) is 13.2. The van der Waals surface area contributed by atoms with Crippen LogP contribution in [0.4, 0.5) is 5.69 Å². The first-order valence-corrected chi connectivity index (χ1v) is 6.15. The van der Waals surface area contributed by atoms with Crippen molar-refractivity contribution in [3.8, 4) is 0 Å². The number of tetrazole rings is 1. The zero-order valence-electron chi connectivity index (χ0n) is 10.3. The summed E-state index contributed by atoms with van der Waals surface area (Å²) in [6.07, 6.45) is 0.854. The summed E-state index contributed by atoms with van der Waals surface area (Å²) in [6.45, 7) is 1.22. The van der Waals surface area contributed by atoms with Gasteiger partial charge >= 0.3 is 0 Å². The highest BCUT2D eigenvalue weighted by Crippen LogP contribution is 2.38. The van der Waals surface area contributed by atoms with Crippen molar-refractivity contribution in [2.75, 3.05) is 18.0 Å². The maximum atomic E-state index is 12.3. The smallest absolute Gasteiger partial charge is 0.299 e. The Morgan fingerprint density at radius 3 is 3.05 bits per heavy atom. The summed E-state index contributed by atoms with van der Waals surface area (Å²) in [6, 6.07) is 7.87. The summed E-state index contributed by atoms with van der Waals surface area (Å²) >= 11 is 0. The third kappa shape index (κ3) is 1.97. The molecule has 98 valence electrons. The SMILES string of the molecule is NCCC1CN(C(=O)c2nn[nH]n2)c2ccccc21. The lowest BCUT2D eigenvalue weighted by Crippen LogP contribution is -2.31. The number of aromatic amines is 1. The van der Waals surface area contributed by atoms with Crippen LogP contribution in [0.15, 0.2) is 24.3 Å². The molecule has 0 radical (unpaired) electrons. The summed E-state index contributed by atoms with van der Waals surface area (Å²) in [7, 11) is 0. The second kappa shape index (κ2) is 4.77. The number of nitrogens with two attached hydrogens (primary N) is 1. The highest BCUT2D eigenvalue weighted by atomic mass is 16.2. The van der Waals surface area contributed by atoms with Gasteiger partial charge in [0.25, 0.3) is 11.7 Å². The number of nitrogens with one attached hydrogen (secondary N) is 1. The van der Waals surface area contributed by atoms with E-state index in [0.29, 0.717) is 13.1 Å². The molecule has 7 heteroatoms. The molecule has 7 nitrogen and oxygen atoms in total. The van der Waals surface area contributed by atoms with Gasteiger partial charge in [-0.3, -0.25) is 4.79 Å². The molecule has 3 N–H and O–H groups in total. The van der Waals surface area contributed by atoms with Crippen molar-refractivity contribution in [1.29, 1.82) is 0 Å². The normalized spacial score (nSPS) is 17.5. The van der Waals surface area contributed by atoms with Crippen molar-refractivity contribution in [3.63, 3.8) is 0 Å². The van der Waals surface area contributed by atoms with Gasteiger partial charge in [0.05, 0.1) is 0 Å². The molecule has 0 saturated heterocycles. The fraction of sp³-hybridized carbons (Fsp3) is 0.333. The van der Waals surface area contributed by atoms with Gasteiger partial charge in [-0.2, -0.15) is 5.21 Å². The number of hydrogen-bond donors (Lipinski definition) is 2. The largest absolute Gasteiger partial charge is 0.330 e. The van der Waals surface area contributed by atoms with Gasteiger partial charge in [-0.15, -0.1) is 10.2 Å². The molecule has 0 spiro atoms. The minimum absolute atomic E-state index is 0.0863. The summed E-state index contributed by atoms with van der Waals surface area (Å²) in [4.78, 5) is 14.0. The van der Waals surface area contributed by atoms with E-state index in [-0.39, 0.29) is 17.6 Å². The Labute approximate surface area is 109 Å². The number of fused-ring (bicyclic) bond motifs is 1. The van der Waals surface area contributed by atoms with Crippen LogP contribution in [0.2, 0.25) is 0 Å². The Morgan fingerprint density at radius 2 is 2.32 bits per heavy atom. The first-order chi connectivity index (χ1) is 9.31. The summed E-state index contributed by atoms with van der Waals surface area (Å²) in [5.74, 6) is 0.126. The van der Waals surface area contributed by atoms with Crippen LogP contribution in [-0.2, 0) is 0 Å². The highest BCUT2D eigenvalue weighted by Gasteiger charge is 2.33. The third-order valence-corrected chi connectivity index (χ3v) is 3.37. The molecule has 1 aromatic carbocycles. The van der Waals surface area contributed by atoms with Crippen molar-refractivity contribution in [1.82, 2.24) is 20.6 Å². The monoisotopic (exact) mass is 258 g/mol. The summed E-state index contributed by atoms with van der Waals surface area (Å²) in [5, 5.41) is 13.2. The second-order valence-corrected chi connectivity index (χ2v) is 4.48. The van der Waals surface area contributed by atoms with E-state index in [2.05, 4.69) is 20.6 Å². The number of aromatic nitrogens is 4. The van der Waals surface area contributed by atoms with Gasteiger partial charge in [0, 0.05) is 18.2 Å². The van der Waals surface area contributed by atoms with E-state index in [1.807, 2.05) is 24.3 Å². The van der Waals surface area contributed by atoms with Crippen molar-refractivity contribution < 1.29 is 4.79 Å². The zero-order valence-corrected chi connectivity index (χ0v) is 10.3. The Bertz CT molecular complexity index is 582. The minimum atomic E-state index is -0.235. The average molecular weight is 258 g/mol. The van der Waals surface area contributed by atoms with Crippen molar-refractivity contribution >= 4 is 11.6 Å². The number of carbonyl (C=O) groups excluding carboxylic acids is 1. The Kier molecular flexibility index (Phi) is 2.96. The Morgan fingerprint density at radius 1 is 1.47 bits per heavy atom. The van der Waals surface area contributed by atoms with Crippen molar-refractivity contribution in [2.24, 2.45) is 5.73 Å². The quantitative estimate of drug-likeness (QED) is 0.824. The van der Waals surface area contributed by atoms with Crippen LogP contribution in [-0.4, -0.2) is 39.6 Å². The topological polar surface area (TPSA) is 101 Å². The molecule has 1 amide bonds. The van der Waals surface area contributed by atoms with Crippen LogP contribution in [0.25, 0.3) is 0 Å². The first-order valence-electron chi connectivity index (χ1n) is 6.15. The third-order valence-electron chi connectivity index (χ3n) is 3.37. The molecule has 2 aromatic rings. The summed E-state index contributed by atoms with van der Waals surface area (Å²) < 4.78 is 0. The van der Waals surface area contributed by atoms with Crippen molar-refractivity contribution in [3.05, 3.63) is 35.7 Å². The van der Waals surface area contributed by atoms with Gasteiger partial charge < -0.3 is 10.6 Å². The molecule has 0 bridgehead atoms. The van der Waals surface area contributed by atoms with Crippen LogP contribution in [0.3, 0.4) is 0 Å². The van der Waals surface area contributed by atoms with Crippen LogP contribution >= 0.6 is 0 Å². The van der Waals surface area contributed by atoms with E-state index in [1.165, 1.54) is 0 Å². The molecule has 0 saturated carbocycles. The Balaban J connectivity index is 1.94. The van der Waals surface area contributed by atoms with E-state index in [4.69, 9.17) is 5.73 Å². The molecular formula is C12H14N6O. The molecule has 2 heterocycles. The van der Waals surface area contributed by atoms with Crippen molar-refractivity contribution in [2.45, 2.75) is 12.3 Å².